The number of benzene rings is 1. The summed E-state index contributed by atoms with van der Waals surface area (Å²) in [6.07, 6.45) is 6.33. The predicted molar refractivity (Wildman–Crippen MR) is 117 cm³/mol. The van der Waals surface area contributed by atoms with Gasteiger partial charge in [0.15, 0.2) is 5.96 Å². The third-order valence-electron chi connectivity index (χ3n) is 5.33. The van der Waals surface area contributed by atoms with Gasteiger partial charge < -0.3 is 20.4 Å². The number of aliphatic imine (C=N–C) groups is 1. The largest absolute Gasteiger partial charge is 0.378 e. The van der Waals surface area contributed by atoms with Gasteiger partial charge in [0.1, 0.15) is 0 Å². The molecule has 3 rings (SSSR count). The minimum absolute atomic E-state index is 0.373. The summed E-state index contributed by atoms with van der Waals surface area (Å²) in [5.41, 5.74) is 4.98. The minimum Gasteiger partial charge on any atom is -0.378 e. The van der Waals surface area contributed by atoms with Crippen molar-refractivity contribution in [2.24, 2.45) is 12.0 Å². The lowest BCUT2D eigenvalue weighted by Crippen LogP contribution is -2.51. The Labute approximate surface area is 168 Å². The van der Waals surface area contributed by atoms with E-state index in [0.29, 0.717) is 6.04 Å². The highest BCUT2D eigenvalue weighted by Crippen LogP contribution is 2.19. The Morgan fingerprint density at radius 3 is 2.82 bits per heavy atom. The SMILES string of the molecule is CN=C(NCc1ccc(N(C)C)cc1C)NC1CCCN(c2cnn(C)c2)C1. The van der Waals surface area contributed by atoms with Crippen LogP contribution in [0.1, 0.15) is 24.0 Å². The molecule has 0 radical (unpaired) electrons. The second kappa shape index (κ2) is 8.99. The summed E-state index contributed by atoms with van der Waals surface area (Å²) in [6, 6.07) is 6.94. The van der Waals surface area contributed by atoms with E-state index in [1.165, 1.54) is 22.5 Å². The fourth-order valence-corrected chi connectivity index (χ4v) is 3.62. The molecule has 7 nitrogen and oxygen atoms in total. The molecular weight excluding hydrogens is 350 g/mol. The van der Waals surface area contributed by atoms with E-state index in [9.17, 15) is 0 Å². The maximum absolute atomic E-state index is 4.43. The summed E-state index contributed by atoms with van der Waals surface area (Å²) >= 11 is 0. The molecule has 2 aromatic rings. The van der Waals surface area contributed by atoms with Crippen molar-refractivity contribution < 1.29 is 0 Å². The second-order valence-corrected chi connectivity index (χ2v) is 7.73. The van der Waals surface area contributed by atoms with Crippen LogP contribution in [0.5, 0.6) is 0 Å². The normalized spacial score (nSPS) is 17.5. The van der Waals surface area contributed by atoms with Crippen molar-refractivity contribution in [3.63, 3.8) is 0 Å². The first-order chi connectivity index (χ1) is 13.5. The van der Waals surface area contributed by atoms with E-state index in [-0.39, 0.29) is 0 Å². The maximum Gasteiger partial charge on any atom is 0.191 e. The van der Waals surface area contributed by atoms with Crippen LogP contribution in [-0.4, -0.2) is 56.0 Å². The number of nitrogens with zero attached hydrogens (tertiary/aromatic N) is 5. The molecule has 1 fully saturated rings. The van der Waals surface area contributed by atoms with Crippen LogP contribution < -0.4 is 20.4 Å². The number of hydrogen-bond donors (Lipinski definition) is 2. The van der Waals surface area contributed by atoms with Crippen molar-refractivity contribution in [1.29, 1.82) is 0 Å². The molecular formula is C21H33N7. The van der Waals surface area contributed by atoms with Crippen molar-refractivity contribution in [3.05, 3.63) is 41.7 Å². The molecule has 0 bridgehead atoms. The summed E-state index contributed by atoms with van der Waals surface area (Å²) in [5.74, 6) is 0.856. The number of aryl methyl sites for hydroxylation is 2. The van der Waals surface area contributed by atoms with Gasteiger partial charge in [0.2, 0.25) is 0 Å². The number of aromatic nitrogens is 2. The highest BCUT2D eigenvalue weighted by Gasteiger charge is 2.21. The molecule has 2 heterocycles. The van der Waals surface area contributed by atoms with E-state index < -0.39 is 0 Å². The first kappa shape index (κ1) is 20.0. The van der Waals surface area contributed by atoms with Crippen LogP contribution in [0.25, 0.3) is 0 Å². The summed E-state index contributed by atoms with van der Waals surface area (Å²) in [6.45, 7) is 4.96. The fourth-order valence-electron chi connectivity index (χ4n) is 3.62. The number of anilines is 2. The van der Waals surface area contributed by atoms with Crippen LogP contribution in [0.2, 0.25) is 0 Å². The van der Waals surface area contributed by atoms with Crippen LogP contribution in [0.15, 0.2) is 35.6 Å². The quantitative estimate of drug-likeness (QED) is 0.612. The van der Waals surface area contributed by atoms with E-state index in [2.05, 4.69) is 75.9 Å². The van der Waals surface area contributed by atoms with Crippen molar-refractivity contribution in [1.82, 2.24) is 20.4 Å². The second-order valence-electron chi connectivity index (χ2n) is 7.73. The molecule has 2 N–H and O–H groups in total. The Kier molecular flexibility index (Phi) is 6.44. The zero-order valence-electron chi connectivity index (χ0n) is 17.7. The highest BCUT2D eigenvalue weighted by molar-refractivity contribution is 5.80. The first-order valence-corrected chi connectivity index (χ1v) is 9.94. The fraction of sp³-hybridized carbons (Fsp3) is 0.524. The lowest BCUT2D eigenvalue weighted by molar-refractivity contribution is 0.468. The number of hydrogen-bond acceptors (Lipinski definition) is 4. The molecule has 28 heavy (non-hydrogen) atoms. The molecule has 0 amide bonds. The zero-order valence-corrected chi connectivity index (χ0v) is 17.7. The van der Waals surface area contributed by atoms with Gasteiger partial charge in [-0.3, -0.25) is 9.67 Å². The average molecular weight is 384 g/mol. The van der Waals surface area contributed by atoms with Crippen LogP contribution in [0.4, 0.5) is 11.4 Å². The van der Waals surface area contributed by atoms with Gasteiger partial charge in [-0.1, -0.05) is 6.07 Å². The molecule has 1 unspecified atom stereocenters. The van der Waals surface area contributed by atoms with E-state index in [1.807, 2.05) is 25.0 Å². The third-order valence-corrected chi connectivity index (χ3v) is 5.33. The van der Waals surface area contributed by atoms with Crippen molar-refractivity contribution in [2.45, 2.75) is 32.4 Å². The van der Waals surface area contributed by atoms with Crippen LogP contribution in [0.3, 0.4) is 0 Å². The third kappa shape index (κ3) is 4.97. The summed E-state index contributed by atoms with van der Waals surface area (Å²) in [4.78, 5) is 8.95. The predicted octanol–water partition coefficient (Wildman–Crippen LogP) is 2.13. The molecule has 0 spiro atoms. The van der Waals surface area contributed by atoms with Crippen molar-refractivity contribution >= 4 is 17.3 Å². The van der Waals surface area contributed by atoms with Gasteiger partial charge in [-0.05, 0) is 43.0 Å². The minimum atomic E-state index is 0.373. The summed E-state index contributed by atoms with van der Waals surface area (Å²) in [5, 5.41) is 11.4. The van der Waals surface area contributed by atoms with Gasteiger partial charge in [-0.15, -0.1) is 0 Å². The molecule has 1 aromatic heterocycles. The maximum atomic E-state index is 4.43. The van der Waals surface area contributed by atoms with E-state index in [0.717, 1.165) is 38.4 Å². The molecule has 1 saturated heterocycles. The smallest absolute Gasteiger partial charge is 0.191 e. The monoisotopic (exact) mass is 383 g/mol. The number of nitrogens with one attached hydrogen (secondary N) is 2. The van der Waals surface area contributed by atoms with E-state index in [1.54, 1.807) is 0 Å². The standard InChI is InChI=1S/C21H33N7/c1-16-11-19(26(3)4)9-8-17(16)12-23-21(22-2)25-18-7-6-10-28(14-18)20-13-24-27(5)15-20/h8-9,11,13,15,18H,6-7,10,12,14H2,1-5H3,(H2,22,23,25). The number of piperidine rings is 1. The molecule has 1 aliphatic rings. The Morgan fingerprint density at radius 1 is 1.36 bits per heavy atom. The molecule has 152 valence electrons. The highest BCUT2D eigenvalue weighted by atomic mass is 15.3. The van der Waals surface area contributed by atoms with Gasteiger partial charge in [0.25, 0.3) is 0 Å². The Balaban J connectivity index is 1.56. The van der Waals surface area contributed by atoms with E-state index in [4.69, 9.17) is 0 Å². The molecule has 1 aromatic carbocycles. The average Bonchev–Trinajstić information content (AvgIpc) is 3.12. The van der Waals surface area contributed by atoms with Crippen LogP contribution >= 0.6 is 0 Å². The van der Waals surface area contributed by atoms with Crippen LogP contribution in [-0.2, 0) is 13.6 Å². The summed E-state index contributed by atoms with van der Waals surface area (Å²) in [7, 11) is 7.93. The molecule has 0 saturated carbocycles. The van der Waals surface area contributed by atoms with Gasteiger partial charge in [-0.25, -0.2) is 0 Å². The first-order valence-electron chi connectivity index (χ1n) is 9.94. The Morgan fingerprint density at radius 2 is 2.18 bits per heavy atom. The van der Waals surface area contributed by atoms with Gasteiger partial charge in [0.05, 0.1) is 11.9 Å². The topological polar surface area (TPSA) is 60.7 Å². The van der Waals surface area contributed by atoms with E-state index >= 15 is 0 Å². The van der Waals surface area contributed by atoms with Crippen LogP contribution in [0, 0.1) is 6.92 Å². The number of guanidine groups is 1. The zero-order chi connectivity index (χ0) is 20.1. The van der Waals surface area contributed by atoms with Gasteiger partial charge >= 0.3 is 0 Å². The molecule has 1 aliphatic heterocycles. The molecule has 1 atom stereocenters. The molecule has 7 heteroatoms. The van der Waals surface area contributed by atoms with Crippen molar-refractivity contribution in [2.75, 3.05) is 44.0 Å². The lowest BCUT2D eigenvalue weighted by Gasteiger charge is -2.34. The Hall–Kier alpha value is -2.70. The van der Waals surface area contributed by atoms with Gasteiger partial charge in [0, 0.05) is 65.8 Å². The van der Waals surface area contributed by atoms with Gasteiger partial charge in [-0.2, -0.15) is 5.10 Å². The molecule has 0 aliphatic carbocycles. The lowest BCUT2D eigenvalue weighted by atomic mass is 10.1. The summed E-state index contributed by atoms with van der Waals surface area (Å²) < 4.78 is 1.86. The van der Waals surface area contributed by atoms with Crippen molar-refractivity contribution in [3.8, 4) is 0 Å². The number of rotatable bonds is 5. The Bertz CT molecular complexity index is 809.